The molecule has 1 N–H and O–H groups in total. The summed E-state index contributed by atoms with van der Waals surface area (Å²) in [5.74, 6) is 0.420. The van der Waals surface area contributed by atoms with Gasteiger partial charge in [-0.2, -0.15) is 0 Å². The van der Waals surface area contributed by atoms with Crippen LogP contribution in [-0.2, 0) is 4.74 Å². The SMILES string of the molecule is CC(C)CN1CCOC(CNC(=O)c2cnc3ccccc3n2)C1. The molecule has 2 heterocycles. The van der Waals surface area contributed by atoms with Crippen molar-refractivity contribution < 1.29 is 9.53 Å². The predicted octanol–water partition coefficient (Wildman–Crippen LogP) is 1.72. The van der Waals surface area contributed by atoms with Gasteiger partial charge in [-0.3, -0.25) is 14.7 Å². The lowest BCUT2D eigenvalue weighted by Gasteiger charge is -2.33. The molecular weight excluding hydrogens is 304 g/mol. The molecule has 3 rings (SSSR count). The number of rotatable bonds is 5. The van der Waals surface area contributed by atoms with Crippen molar-refractivity contribution in [1.82, 2.24) is 20.2 Å². The van der Waals surface area contributed by atoms with Crippen LogP contribution in [0.1, 0.15) is 24.3 Å². The molecule has 0 aliphatic carbocycles. The second-order valence-corrected chi connectivity index (χ2v) is 6.60. The summed E-state index contributed by atoms with van der Waals surface area (Å²) >= 11 is 0. The van der Waals surface area contributed by atoms with Gasteiger partial charge >= 0.3 is 0 Å². The number of hydrogen-bond acceptors (Lipinski definition) is 5. The van der Waals surface area contributed by atoms with Gasteiger partial charge in [0, 0.05) is 26.2 Å². The number of benzene rings is 1. The van der Waals surface area contributed by atoms with Crippen LogP contribution in [0, 0.1) is 5.92 Å². The van der Waals surface area contributed by atoms with Crippen LogP contribution in [0.15, 0.2) is 30.5 Å². The summed E-state index contributed by atoms with van der Waals surface area (Å²) < 4.78 is 5.75. The van der Waals surface area contributed by atoms with Gasteiger partial charge in [-0.05, 0) is 18.1 Å². The van der Waals surface area contributed by atoms with Crippen LogP contribution in [-0.4, -0.2) is 59.7 Å². The van der Waals surface area contributed by atoms with E-state index in [1.165, 1.54) is 6.20 Å². The van der Waals surface area contributed by atoms with E-state index in [0.29, 0.717) is 24.8 Å². The Balaban J connectivity index is 1.56. The standard InChI is InChI=1S/C18H24N4O2/c1-13(2)11-22-7-8-24-14(12-22)9-20-18(23)17-10-19-15-5-3-4-6-16(15)21-17/h3-6,10,13-14H,7-9,11-12H2,1-2H3,(H,20,23). The Hall–Kier alpha value is -2.05. The third-order valence-corrected chi connectivity index (χ3v) is 4.02. The summed E-state index contributed by atoms with van der Waals surface area (Å²) in [6, 6.07) is 7.52. The van der Waals surface area contributed by atoms with E-state index in [4.69, 9.17) is 4.74 Å². The van der Waals surface area contributed by atoms with E-state index in [2.05, 4.69) is 34.0 Å². The molecule has 1 saturated heterocycles. The summed E-state index contributed by atoms with van der Waals surface area (Å²) in [6.07, 6.45) is 1.54. The quantitative estimate of drug-likeness (QED) is 0.905. The molecule has 2 aromatic rings. The minimum absolute atomic E-state index is 0.0230. The fourth-order valence-electron chi connectivity index (χ4n) is 2.95. The highest BCUT2D eigenvalue weighted by atomic mass is 16.5. The van der Waals surface area contributed by atoms with Gasteiger partial charge in [0.15, 0.2) is 0 Å². The monoisotopic (exact) mass is 328 g/mol. The third-order valence-electron chi connectivity index (χ3n) is 4.02. The van der Waals surface area contributed by atoms with Gasteiger partial charge in [0.2, 0.25) is 0 Å². The van der Waals surface area contributed by atoms with Crippen LogP contribution in [0.5, 0.6) is 0 Å². The summed E-state index contributed by atoms with van der Waals surface area (Å²) in [5.41, 5.74) is 1.85. The lowest BCUT2D eigenvalue weighted by atomic mass is 10.2. The lowest BCUT2D eigenvalue weighted by molar-refractivity contribution is -0.0295. The Kier molecular flexibility index (Phi) is 5.37. The number of morpholine rings is 1. The van der Waals surface area contributed by atoms with Crippen molar-refractivity contribution in [3.05, 3.63) is 36.2 Å². The van der Waals surface area contributed by atoms with Gasteiger partial charge in [-0.15, -0.1) is 0 Å². The highest BCUT2D eigenvalue weighted by Gasteiger charge is 2.21. The summed E-state index contributed by atoms with van der Waals surface area (Å²) in [4.78, 5) is 23.3. The average Bonchev–Trinajstić information content (AvgIpc) is 2.59. The number of hydrogen-bond donors (Lipinski definition) is 1. The highest BCUT2D eigenvalue weighted by Crippen LogP contribution is 2.09. The zero-order chi connectivity index (χ0) is 16.9. The van der Waals surface area contributed by atoms with Crippen LogP contribution in [0.25, 0.3) is 11.0 Å². The van der Waals surface area contributed by atoms with E-state index in [0.717, 1.165) is 30.7 Å². The number of nitrogens with one attached hydrogen (secondary N) is 1. The molecule has 0 saturated carbocycles. The van der Waals surface area contributed by atoms with Crippen molar-refractivity contribution in [1.29, 1.82) is 0 Å². The molecule has 1 aromatic carbocycles. The fourth-order valence-corrected chi connectivity index (χ4v) is 2.95. The zero-order valence-corrected chi connectivity index (χ0v) is 14.2. The number of aromatic nitrogens is 2. The molecular formula is C18H24N4O2. The van der Waals surface area contributed by atoms with Crippen molar-refractivity contribution in [3.8, 4) is 0 Å². The topological polar surface area (TPSA) is 67.3 Å². The first-order valence-electron chi connectivity index (χ1n) is 8.46. The van der Waals surface area contributed by atoms with E-state index in [-0.39, 0.29) is 12.0 Å². The predicted molar refractivity (Wildman–Crippen MR) is 92.9 cm³/mol. The van der Waals surface area contributed by atoms with Gasteiger partial charge in [0.25, 0.3) is 5.91 Å². The fraction of sp³-hybridized carbons (Fsp3) is 0.500. The average molecular weight is 328 g/mol. The Morgan fingerprint density at radius 2 is 2.17 bits per heavy atom. The van der Waals surface area contributed by atoms with Crippen LogP contribution in [0.3, 0.4) is 0 Å². The number of para-hydroxylation sites is 2. The summed E-state index contributed by atoms with van der Waals surface area (Å²) in [7, 11) is 0. The van der Waals surface area contributed by atoms with Crippen molar-refractivity contribution in [2.24, 2.45) is 5.92 Å². The first kappa shape index (κ1) is 16.8. The number of ether oxygens (including phenoxy) is 1. The highest BCUT2D eigenvalue weighted by molar-refractivity contribution is 5.93. The second-order valence-electron chi connectivity index (χ2n) is 6.60. The largest absolute Gasteiger partial charge is 0.374 e. The van der Waals surface area contributed by atoms with Crippen molar-refractivity contribution in [3.63, 3.8) is 0 Å². The number of fused-ring (bicyclic) bond motifs is 1. The Bertz CT molecular complexity index is 704. The van der Waals surface area contributed by atoms with E-state index in [1.807, 2.05) is 24.3 Å². The van der Waals surface area contributed by atoms with Gasteiger partial charge < -0.3 is 10.1 Å². The molecule has 24 heavy (non-hydrogen) atoms. The normalized spacial score (nSPS) is 18.9. The number of carbonyl (C=O) groups is 1. The minimum atomic E-state index is -0.210. The molecule has 0 radical (unpaired) electrons. The molecule has 1 aliphatic rings. The molecule has 0 bridgehead atoms. The third kappa shape index (κ3) is 4.27. The maximum atomic E-state index is 12.3. The molecule has 1 atom stereocenters. The van der Waals surface area contributed by atoms with Gasteiger partial charge in [0.05, 0.1) is 29.9 Å². The van der Waals surface area contributed by atoms with Crippen molar-refractivity contribution >= 4 is 16.9 Å². The van der Waals surface area contributed by atoms with Crippen LogP contribution in [0.4, 0.5) is 0 Å². The molecule has 128 valence electrons. The Morgan fingerprint density at radius 3 is 2.96 bits per heavy atom. The lowest BCUT2D eigenvalue weighted by Crippen LogP contribution is -2.48. The summed E-state index contributed by atoms with van der Waals surface area (Å²) in [6.45, 7) is 8.49. The molecule has 6 heteroatoms. The van der Waals surface area contributed by atoms with E-state index >= 15 is 0 Å². The van der Waals surface area contributed by atoms with E-state index in [9.17, 15) is 4.79 Å². The zero-order valence-electron chi connectivity index (χ0n) is 14.2. The van der Waals surface area contributed by atoms with Gasteiger partial charge in [-0.1, -0.05) is 26.0 Å². The molecule has 1 amide bonds. The van der Waals surface area contributed by atoms with Crippen LogP contribution >= 0.6 is 0 Å². The van der Waals surface area contributed by atoms with Crippen molar-refractivity contribution in [2.45, 2.75) is 20.0 Å². The maximum absolute atomic E-state index is 12.3. The molecule has 1 fully saturated rings. The van der Waals surface area contributed by atoms with Crippen molar-refractivity contribution in [2.75, 3.05) is 32.8 Å². The van der Waals surface area contributed by atoms with Gasteiger partial charge in [-0.25, -0.2) is 4.98 Å². The first-order valence-corrected chi connectivity index (χ1v) is 8.46. The molecule has 0 spiro atoms. The number of carbonyl (C=O) groups excluding carboxylic acids is 1. The summed E-state index contributed by atoms with van der Waals surface area (Å²) in [5, 5.41) is 2.91. The minimum Gasteiger partial charge on any atom is -0.374 e. The molecule has 6 nitrogen and oxygen atoms in total. The van der Waals surface area contributed by atoms with E-state index < -0.39 is 0 Å². The van der Waals surface area contributed by atoms with Crippen LogP contribution < -0.4 is 5.32 Å². The van der Waals surface area contributed by atoms with E-state index in [1.54, 1.807) is 0 Å². The van der Waals surface area contributed by atoms with Gasteiger partial charge in [0.1, 0.15) is 5.69 Å². The first-order chi connectivity index (χ1) is 11.6. The number of amides is 1. The molecule has 1 aliphatic heterocycles. The Morgan fingerprint density at radius 1 is 1.38 bits per heavy atom. The number of nitrogens with zero attached hydrogens (tertiary/aromatic N) is 3. The molecule has 1 unspecified atom stereocenters. The van der Waals surface area contributed by atoms with Crippen LogP contribution in [0.2, 0.25) is 0 Å². The maximum Gasteiger partial charge on any atom is 0.271 e. The Labute approximate surface area is 142 Å². The second kappa shape index (κ2) is 7.68. The smallest absolute Gasteiger partial charge is 0.271 e. The molecule has 1 aromatic heterocycles.